The third kappa shape index (κ3) is 3.09. The average Bonchev–Trinajstić information content (AvgIpc) is 2.13. The lowest BCUT2D eigenvalue weighted by molar-refractivity contribution is 0.755. The van der Waals surface area contributed by atoms with Gasteiger partial charge in [-0.2, -0.15) is 5.10 Å². The van der Waals surface area contributed by atoms with Crippen molar-refractivity contribution in [2.75, 3.05) is 0 Å². The summed E-state index contributed by atoms with van der Waals surface area (Å²) in [5.74, 6) is 0. The summed E-state index contributed by atoms with van der Waals surface area (Å²) >= 11 is 0. The van der Waals surface area contributed by atoms with Gasteiger partial charge in [0.1, 0.15) is 6.33 Å². The van der Waals surface area contributed by atoms with Crippen molar-refractivity contribution < 1.29 is 0 Å². The molecule has 0 N–H and O–H groups in total. The van der Waals surface area contributed by atoms with Crippen LogP contribution >= 0.6 is 0 Å². The molecule has 0 fully saturated rings. The molecule has 1 aromatic heterocycles. The monoisotopic (exact) mass is 166 g/mol. The van der Waals surface area contributed by atoms with Crippen molar-refractivity contribution >= 4 is 0 Å². The van der Waals surface area contributed by atoms with Crippen molar-refractivity contribution in [1.29, 1.82) is 0 Å². The highest BCUT2D eigenvalue weighted by atomic mass is 15.2. The number of hydrogen-bond donors (Lipinski definition) is 0. The van der Waals surface area contributed by atoms with Crippen LogP contribution in [0.1, 0.15) is 13.8 Å². The first-order valence-corrected chi connectivity index (χ1v) is 3.82. The lowest BCUT2D eigenvalue weighted by atomic mass is 10.7. The molecule has 0 aliphatic heterocycles. The molecular weight excluding hydrogens is 152 g/mol. The smallest absolute Gasteiger partial charge is 0.153 e. The van der Waals surface area contributed by atoms with Gasteiger partial charge in [-0.15, -0.1) is 5.10 Å². The van der Waals surface area contributed by atoms with E-state index in [-0.39, 0.29) is 0 Å². The summed E-state index contributed by atoms with van der Waals surface area (Å²) in [6, 6.07) is 0. The van der Waals surface area contributed by atoms with Gasteiger partial charge in [0.2, 0.25) is 0 Å². The van der Waals surface area contributed by atoms with E-state index in [9.17, 15) is 0 Å². The van der Waals surface area contributed by atoms with Gasteiger partial charge in [0.05, 0.1) is 6.20 Å². The van der Waals surface area contributed by atoms with Crippen molar-refractivity contribution in [3.8, 4) is 0 Å². The molecule has 12 heavy (non-hydrogen) atoms. The first-order valence-electron chi connectivity index (χ1n) is 3.82. The Labute approximate surface area is 72.3 Å². The Kier molecular flexibility index (Phi) is 5.51. The molecule has 0 radical (unpaired) electrons. The minimum absolute atomic E-state index is 0.741. The Hall–Kier alpha value is -1.45. The summed E-state index contributed by atoms with van der Waals surface area (Å²) in [6.45, 7) is 7.47. The Morgan fingerprint density at radius 2 is 2.17 bits per heavy atom. The standard InChI is InChI=1S/C6H8N4.C2H6/c1-3-7-6-4-8-9-5-10(6)2;1-2/h3-5H,1H2,2H3;1-2H3. The van der Waals surface area contributed by atoms with Crippen molar-refractivity contribution in [3.05, 3.63) is 30.8 Å². The molecule has 0 spiro atoms. The fraction of sp³-hybridized carbons (Fsp3) is 0.375. The van der Waals surface area contributed by atoms with E-state index in [0.29, 0.717) is 0 Å². The van der Waals surface area contributed by atoms with Gasteiger partial charge in [-0.05, 0) is 0 Å². The number of nitrogens with zero attached hydrogens (tertiary/aromatic N) is 4. The zero-order valence-corrected chi connectivity index (χ0v) is 7.73. The molecule has 0 bridgehead atoms. The quantitative estimate of drug-likeness (QED) is 0.621. The molecular formula is C8H14N4. The molecule has 0 unspecified atom stereocenters. The number of aryl methyl sites for hydroxylation is 1. The highest BCUT2D eigenvalue weighted by Crippen LogP contribution is 1.66. The van der Waals surface area contributed by atoms with Crippen LogP contribution in [0.25, 0.3) is 0 Å². The van der Waals surface area contributed by atoms with Gasteiger partial charge in [-0.3, -0.25) is 0 Å². The van der Waals surface area contributed by atoms with E-state index in [2.05, 4.69) is 21.8 Å². The number of hydrogen-bond acceptors (Lipinski definition) is 3. The summed E-state index contributed by atoms with van der Waals surface area (Å²) in [7, 11) is 1.84. The number of aromatic nitrogens is 3. The minimum Gasteiger partial charge on any atom is -0.317 e. The third-order valence-electron chi connectivity index (χ3n) is 1.05. The van der Waals surface area contributed by atoms with Crippen LogP contribution in [0.5, 0.6) is 0 Å². The van der Waals surface area contributed by atoms with Gasteiger partial charge < -0.3 is 4.57 Å². The van der Waals surface area contributed by atoms with Crippen LogP contribution in [0.3, 0.4) is 0 Å². The van der Waals surface area contributed by atoms with Crippen LogP contribution in [0, 0.1) is 0 Å². The highest BCUT2D eigenvalue weighted by Gasteiger charge is 1.81. The Balaban J connectivity index is 0.000000561. The molecule has 0 atom stereocenters. The molecule has 4 nitrogen and oxygen atoms in total. The second-order valence-corrected chi connectivity index (χ2v) is 1.76. The fourth-order valence-corrected chi connectivity index (χ4v) is 0.560. The maximum atomic E-state index is 3.93. The Bertz CT molecular complexity index is 287. The summed E-state index contributed by atoms with van der Waals surface area (Å²) in [4.78, 5) is 3.93. The molecule has 66 valence electrons. The molecule has 1 aromatic rings. The van der Waals surface area contributed by atoms with E-state index in [1.165, 1.54) is 6.20 Å². The fourth-order valence-electron chi connectivity index (χ4n) is 0.560. The van der Waals surface area contributed by atoms with E-state index in [1.54, 1.807) is 17.1 Å². The van der Waals surface area contributed by atoms with Gasteiger partial charge in [-0.25, -0.2) is 4.99 Å². The summed E-state index contributed by atoms with van der Waals surface area (Å²) < 4.78 is 1.76. The third-order valence-corrected chi connectivity index (χ3v) is 1.05. The van der Waals surface area contributed by atoms with Crippen LogP contribution in [0.2, 0.25) is 0 Å². The molecule has 0 aliphatic rings. The van der Waals surface area contributed by atoms with Gasteiger partial charge >= 0.3 is 0 Å². The van der Waals surface area contributed by atoms with Crippen LogP contribution in [0.4, 0.5) is 0 Å². The Morgan fingerprint density at radius 3 is 2.67 bits per heavy atom. The predicted octanol–water partition coefficient (Wildman–Crippen LogP) is 0.885. The summed E-state index contributed by atoms with van der Waals surface area (Å²) in [5, 5.41) is 7.30. The molecule has 0 aromatic carbocycles. The lowest BCUT2D eigenvalue weighted by Crippen LogP contribution is -2.17. The summed E-state index contributed by atoms with van der Waals surface area (Å²) in [6.07, 6.45) is 4.63. The van der Waals surface area contributed by atoms with Crippen LogP contribution < -0.4 is 5.49 Å². The van der Waals surface area contributed by atoms with Crippen molar-refractivity contribution in [2.45, 2.75) is 13.8 Å². The first kappa shape index (κ1) is 10.6. The zero-order chi connectivity index (χ0) is 9.40. The molecule has 0 saturated carbocycles. The van der Waals surface area contributed by atoms with Gasteiger partial charge in [-0.1, -0.05) is 20.4 Å². The maximum Gasteiger partial charge on any atom is 0.153 e. The predicted molar refractivity (Wildman–Crippen MR) is 48.1 cm³/mol. The molecule has 0 saturated heterocycles. The van der Waals surface area contributed by atoms with Crippen molar-refractivity contribution in [2.24, 2.45) is 12.0 Å². The van der Waals surface area contributed by atoms with E-state index in [4.69, 9.17) is 0 Å². The van der Waals surface area contributed by atoms with Gasteiger partial charge in [0.15, 0.2) is 5.49 Å². The van der Waals surface area contributed by atoms with Gasteiger partial charge in [0.25, 0.3) is 0 Å². The first-order chi connectivity index (χ1) is 5.84. The molecule has 0 amide bonds. The molecule has 0 aliphatic carbocycles. The van der Waals surface area contributed by atoms with Crippen LogP contribution in [0.15, 0.2) is 30.3 Å². The summed E-state index contributed by atoms with van der Waals surface area (Å²) in [5.41, 5.74) is 0.741. The van der Waals surface area contributed by atoms with E-state index >= 15 is 0 Å². The van der Waals surface area contributed by atoms with E-state index < -0.39 is 0 Å². The molecule has 1 heterocycles. The van der Waals surface area contributed by atoms with Crippen LogP contribution in [-0.2, 0) is 7.05 Å². The Morgan fingerprint density at radius 1 is 1.50 bits per heavy atom. The zero-order valence-electron chi connectivity index (χ0n) is 7.73. The van der Waals surface area contributed by atoms with E-state index in [1.807, 2.05) is 20.9 Å². The van der Waals surface area contributed by atoms with Crippen molar-refractivity contribution in [1.82, 2.24) is 14.8 Å². The number of rotatable bonds is 1. The van der Waals surface area contributed by atoms with Crippen LogP contribution in [-0.4, -0.2) is 14.8 Å². The molecule has 1 rings (SSSR count). The highest BCUT2D eigenvalue weighted by molar-refractivity contribution is 4.74. The SMILES string of the molecule is C=CN=c1cnncn1C.CC. The minimum atomic E-state index is 0.741. The average molecular weight is 166 g/mol. The lowest BCUT2D eigenvalue weighted by Gasteiger charge is -1.92. The second-order valence-electron chi connectivity index (χ2n) is 1.76. The van der Waals surface area contributed by atoms with Gasteiger partial charge in [0, 0.05) is 13.2 Å². The van der Waals surface area contributed by atoms with Crippen molar-refractivity contribution in [3.63, 3.8) is 0 Å². The largest absolute Gasteiger partial charge is 0.317 e. The van der Waals surface area contributed by atoms with E-state index in [0.717, 1.165) is 5.49 Å². The molecule has 4 heteroatoms. The second kappa shape index (κ2) is 6.27. The normalized spacial score (nSPS) is 10.1. The topological polar surface area (TPSA) is 43.1 Å². The maximum absolute atomic E-state index is 3.93.